The van der Waals surface area contributed by atoms with Gasteiger partial charge in [0, 0.05) is 23.0 Å². The second kappa shape index (κ2) is 12.1. The zero-order valence-corrected chi connectivity index (χ0v) is 23.9. The Hall–Kier alpha value is -3.19. The maximum absolute atomic E-state index is 13.0. The number of amides is 2. The van der Waals surface area contributed by atoms with Gasteiger partial charge in [-0.15, -0.1) is 11.3 Å². The van der Waals surface area contributed by atoms with Gasteiger partial charge in [0.2, 0.25) is 0 Å². The lowest BCUT2D eigenvalue weighted by atomic mass is 9.86. The largest absolute Gasteiger partial charge is 0.486 e. The van der Waals surface area contributed by atoms with Crippen molar-refractivity contribution < 1.29 is 14.3 Å². The Morgan fingerprint density at radius 3 is 2.13 bits per heavy atom. The van der Waals surface area contributed by atoms with Gasteiger partial charge in [-0.25, -0.2) is 4.98 Å². The highest BCUT2D eigenvalue weighted by atomic mass is 32.1. The fourth-order valence-electron chi connectivity index (χ4n) is 4.67. The number of nitrogens with zero attached hydrogens (tertiary/aromatic N) is 1. The molecule has 1 aromatic heterocycles. The third-order valence-electron chi connectivity index (χ3n) is 7.11. The van der Waals surface area contributed by atoms with Crippen LogP contribution in [0.3, 0.4) is 0 Å². The van der Waals surface area contributed by atoms with E-state index < -0.39 is 0 Å². The summed E-state index contributed by atoms with van der Waals surface area (Å²) in [6.45, 7) is 11.1. The van der Waals surface area contributed by atoms with Crippen LogP contribution in [0.25, 0.3) is 0 Å². The predicted octanol–water partition coefficient (Wildman–Crippen LogP) is 6.61. The normalized spacial score (nSPS) is 17.7. The number of benzene rings is 2. The van der Waals surface area contributed by atoms with Gasteiger partial charge >= 0.3 is 0 Å². The summed E-state index contributed by atoms with van der Waals surface area (Å²) in [5, 5.41) is 8.80. The number of carbonyl (C=O) groups is 2. The summed E-state index contributed by atoms with van der Waals surface area (Å²) < 4.78 is 5.87. The van der Waals surface area contributed by atoms with Gasteiger partial charge in [0.05, 0.1) is 0 Å². The summed E-state index contributed by atoms with van der Waals surface area (Å²) in [5.41, 5.74) is 3.51. The van der Waals surface area contributed by atoms with E-state index in [0.717, 1.165) is 36.4 Å². The van der Waals surface area contributed by atoms with Crippen molar-refractivity contribution in [3.63, 3.8) is 0 Å². The van der Waals surface area contributed by atoms with Crippen molar-refractivity contribution in [1.82, 2.24) is 15.6 Å². The van der Waals surface area contributed by atoms with Crippen LogP contribution in [-0.2, 0) is 12.0 Å². The SMILES string of the molecule is CC(C)c1ccc(OCc2nc(C(=O)NC3CCCCC3NC(=O)c3ccc(C(C)(C)C)cc3)cs2)cc1. The monoisotopic (exact) mass is 533 g/mol. The molecule has 0 bridgehead atoms. The molecule has 0 spiro atoms. The third kappa shape index (κ3) is 7.22. The molecule has 7 heteroatoms. The Kier molecular flexibility index (Phi) is 8.87. The second-order valence-electron chi connectivity index (χ2n) is 11.4. The molecule has 1 fully saturated rings. The minimum Gasteiger partial charge on any atom is -0.486 e. The Balaban J connectivity index is 1.32. The lowest BCUT2D eigenvalue weighted by Crippen LogP contribution is -2.53. The number of ether oxygens (including phenoxy) is 1. The Morgan fingerprint density at radius 1 is 0.947 bits per heavy atom. The van der Waals surface area contributed by atoms with Crippen molar-refractivity contribution in [2.45, 2.75) is 90.3 Å². The maximum atomic E-state index is 13.0. The minimum absolute atomic E-state index is 0.0362. The number of thiazole rings is 1. The summed E-state index contributed by atoms with van der Waals surface area (Å²) in [5.74, 6) is 0.936. The van der Waals surface area contributed by atoms with Crippen LogP contribution in [0.5, 0.6) is 5.75 Å². The molecule has 2 atom stereocenters. The molecule has 4 rings (SSSR count). The standard InChI is InChI=1S/C31H39N3O3S/c1-20(2)21-12-16-24(17-13-21)37-18-28-32-27(19-38-28)30(36)34-26-9-7-6-8-25(26)33-29(35)22-10-14-23(15-11-22)31(3,4)5/h10-17,19-20,25-26H,6-9,18H2,1-5H3,(H,33,35)(H,34,36). The summed E-state index contributed by atoms with van der Waals surface area (Å²) in [6, 6.07) is 15.6. The average Bonchev–Trinajstić information content (AvgIpc) is 3.38. The van der Waals surface area contributed by atoms with Gasteiger partial charge in [0.15, 0.2) is 0 Å². The zero-order chi connectivity index (χ0) is 27.3. The van der Waals surface area contributed by atoms with Gasteiger partial charge in [-0.05, 0) is 59.6 Å². The van der Waals surface area contributed by atoms with Gasteiger partial charge in [0.25, 0.3) is 11.8 Å². The lowest BCUT2D eigenvalue weighted by molar-refractivity contribution is 0.0860. The summed E-state index contributed by atoms with van der Waals surface area (Å²) >= 11 is 1.41. The fourth-order valence-corrected chi connectivity index (χ4v) is 5.35. The molecule has 0 aliphatic heterocycles. The van der Waals surface area contributed by atoms with E-state index in [1.807, 2.05) is 36.4 Å². The number of carbonyl (C=O) groups excluding carboxylic acids is 2. The van der Waals surface area contributed by atoms with E-state index in [-0.39, 0.29) is 29.3 Å². The van der Waals surface area contributed by atoms with E-state index in [4.69, 9.17) is 4.74 Å². The minimum atomic E-state index is -0.213. The van der Waals surface area contributed by atoms with Crippen molar-refractivity contribution in [3.8, 4) is 5.75 Å². The first kappa shape index (κ1) is 27.8. The highest BCUT2D eigenvalue weighted by molar-refractivity contribution is 7.09. The smallest absolute Gasteiger partial charge is 0.271 e. The van der Waals surface area contributed by atoms with Crippen LogP contribution in [0.1, 0.15) is 103 Å². The second-order valence-corrected chi connectivity index (χ2v) is 12.4. The Morgan fingerprint density at radius 2 is 1.55 bits per heavy atom. The van der Waals surface area contributed by atoms with E-state index in [1.54, 1.807) is 5.38 Å². The van der Waals surface area contributed by atoms with Gasteiger partial charge in [0.1, 0.15) is 23.1 Å². The molecule has 202 valence electrons. The van der Waals surface area contributed by atoms with E-state index in [2.05, 4.69) is 62.4 Å². The summed E-state index contributed by atoms with van der Waals surface area (Å²) in [7, 11) is 0. The van der Waals surface area contributed by atoms with Gasteiger partial charge in [-0.2, -0.15) is 0 Å². The summed E-state index contributed by atoms with van der Waals surface area (Å²) in [6.07, 6.45) is 3.70. The van der Waals surface area contributed by atoms with Crippen LogP contribution in [0, 0.1) is 0 Å². The average molecular weight is 534 g/mol. The molecule has 2 N–H and O–H groups in total. The first-order valence-electron chi connectivity index (χ1n) is 13.5. The number of rotatable bonds is 8. The Bertz CT molecular complexity index is 1230. The quantitative estimate of drug-likeness (QED) is 0.341. The van der Waals surface area contributed by atoms with Gasteiger partial charge < -0.3 is 15.4 Å². The predicted molar refractivity (Wildman–Crippen MR) is 153 cm³/mol. The molecule has 0 radical (unpaired) electrons. The van der Waals surface area contributed by atoms with Crippen LogP contribution in [-0.4, -0.2) is 28.9 Å². The lowest BCUT2D eigenvalue weighted by Gasteiger charge is -2.32. The van der Waals surface area contributed by atoms with Crippen molar-refractivity contribution in [2.75, 3.05) is 0 Å². The molecule has 0 saturated heterocycles. The van der Waals surface area contributed by atoms with E-state index in [1.165, 1.54) is 22.5 Å². The number of nitrogens with one attached hydrogen (secondary N) is 2. The molecular formula is C31H39N3O3S. The van der Waals surface area contributed by atoms with Crippen molar-refractivity contribution in [3.05, 3.63) is 81.3 Å². The van der Waals surface area contributed by atoms with Crippen LogP contribution < -0.4 is 15.4 Å². The molecular weight excluding hydrogens is 494 g/mol. The number of hydrogen-bond acceptors (Lipinski definition) is 5. The molecule has 2 unspecified atom stereocenters. The third-order valence-corrected chi connectivity index (χ3v) is 7.93. The molecule has 1 heterocycles. The van der Waals surface area contributed by atoms with Crippen LogP contribution in [0.15, 0.2) is 53.9 Å². The van der Waals surface area contributed by atoms with Gasteiger partial charge in [-0.3, -0.25) is 9.59 Å². The summed E-state index contributed by atoms with van der Waals surface area (Å²) in [4.78, 5) is 30.5. The fraction of sp³-hybridized carbons (Fsp3) is 0.452. The van der Waals surface area contributed by atoms with Crippen molar-refractivity contribution in [2.24, 2.45) is 0 Å². The van der Waals surface area contributed by atoms with E-state index in [9.17, 15) is 9.59 Å². The van der Waals surface area contributed by atoms with Crippen LogP contribution >= 0.6 is 11.3 Å². The molecule has 1 aliphatic carbocycles. The number of hydrogen-bond donors (Lipinski definition) is 2. The molecule has 1 saturated carbocycles. The Labute approximate surface area is 230 Å². The molecule has 6 nitrogen and oxygen atoms in total. The van der Waals surface area contributed by atoms with Crippen molar-refractivity contribution >= 4 is 23.2 Å². The molecule has 2 amide bonds. The van der Waals surface area contributed by atoms with E-state index >= 15 is 0 Å². The zero-order valence-electron chi connectivity index (χ0n) is 23.0. The molecule has 3 aromatic rings. The van der Waals surface area contributed by atoms with Gasteiger partial charge in [-0.1, -0.05) is 71.7 Å². The molecule has 2 aromatic carbocycles. The first-order valence-corrected chi connectivity index (χ1v) is 14.4. The molecule has 38 heavy (non-hydrogen) atoms. The maximum Gasteiger partial charge on any atom is 0.271 e. The highest BCUT2D eigenvalue weighted by Crippen LogP contribution is 2.24. The first-order chi connectivity index (χ1) is 18.1. The molecule has 1 aliphatic rings. The van der Waals surface area contributed by atoms with Crippen LogP contribution in [0.4, 0.5) is 0 Å². The highest BCUT2D eigenvalue weighted by Gasteiger charge is 2.29. The number of aromatic nitrogens is 1. The van der Waals surface area contributed by atoms with Crippen molar-refractivity contribution in [1.29, 1.82) is 0 Å². The van der Waals surface area contributed by atoms with Crippen LogP contribution in [0.2, 0.25) is 0 Å². The topological polar surface area (TPSA) is 80.3 Å². The van der Waals surface area contributed by atoms with E-state index in [0.29, 0.717) is 23.8 Å².